The molecule has 0 aliphatic carbocycles. The summed E-state index contributed by atoms with van der Waals surface area (Å²) in [6.07, 6.45) is 0. The van der Waals surface area contributed by atoms with Gasteiger partial charge in [0, 0.05) is 23.4 Å². The van der Waals surface area contributed by atoms with Gasteiger partial charge in [0.1, 0.15) is 11.6 Å². The van der Waals surface area contributed by atoms with Gasteiger partial charge < -0.3 is 14.5 Å². The minimum Gasteiger partial charge on any atom is -0.497 e. The number of carbonyl (C=O) groups is 2. The van der Waals surface area contributed by atoms with Crippen LogP contribution in [0.3, 0.4) is 0 Å². The molecule has 7 heteroatoms. The van der Waals surface area contributed by atoms with Crippen molar-refractivity contribution in [3.8, 4) is 5.75 Å². The zero-order valence-corrected chi connectivity index (χ0v) is 18.3. The van der Waals surface area contributed by atoms with Crippen LogP contribution in [-0.4, -0.2) is 36.1 Å². The molecule has 1 spiro atoms. The van der Waals surface area contributed by atoms with Crippen molar-refractivity contribution in [1.29, 1.82) is 0 Å². The van der Waals surface area contributed by atoms with E-state index in [2.05, 4.69) is 0 Å². The van der Waals surface area contributed by atoms with E-state index in [4.69, 9.17) is 4.74 Å². The molecule has 0 bridgehead atoms. The molecule has 5 nitrogen and oxygen atoms in total. The van der Waals surface area contributed by atoms with E-state index < -0.39 is 4.87 Å². The number of benzene rings is 3. The summed E-state index contributed by atoms with van der Waals surface area (Å²) < 4.78 is 19.0. The molecule has 2 amide bonds. The van der Waals surface area contributed by atoms with Crippen molar-refractivity contribution >= 4 is 29.3 Å². The van der Waals surface area contributed by atoms with E-state index in [1.165, 1.54) is 23.9 Å². The average Bonchev–Trinajstić information content (AvgIpc) is 3.36. The lowest BCUT2D eigenvalue weighted by atomic mass is 10.0. The smallest absolute Gasteiger partial charge is 0.268 e. The van der Waals surface area contributed by atoms with Crippen molar-refractivity contribution in [2.45, 2.75) is 11.4 Å². The third kappa shape index (κ3) is 3.15. The number of rotatable bonds is 4. The summed E-state index contributed by atoms with van der Waals surface area (Å²) in [5.41, 5.74) is 2.75. The van der Waals surface area contributed by atoms with Crippen LogP contribution >= 0.6 is 11.8 Å². The van der Waals surface area contributed by atoms with E-state index in [1.807, 2.05) is 24.3 Å². The predicted octanol–water partition coefficient (Wildman–Crippen LogP) is 4.42. The van der Waals surface area contributed by atoms with Crippen molar-refractivity contribution < 1.29 is 18.7 Å². The van der Waals surface area contributed by atoms with E-state index in [-0.39, 0.29) is 24.2 Å². The molecule has 2 aliphatic rings. The van der Waals surface area contributed by atoms with Crippen LogP contribution in [0.2, 0.25) is 0 Å². The first-order valence-corrected chi connectivity index (χ1v) is 11.3. The van der Waals surface area contributed by atoms with E-state index in [1.54, 1.807) is 53.3 Å². The van der Waals surface area contributed by atoms with Gasteiger partial charge in [-0.05, 0) is 48.0 Å². The normalized spacial score (nSPS) is 19.5. The molecule has 3 aromatic rings. The molecule has 0 N–H and O–H groups in total. The van der Waals surface area contributed by atoms with Crippen molar-refractivity contribution in [1.82, 2.24) is 4.90 Å². The van der Waals surface area contributed by atoms with E-state index in [0.29, 0.717) is 29.2 Å². The number of ether oxygens (including phenoxy) is 1. The van der Waals surface area contributed by atoms with Crippen LogP contribution in [0, 0.1) is 5.82 Å². The summed E-state index contributed by atoms with van der Waals surface area (Å²) in [6, 6.07) is 20.7. The van der Waals surface area contributed by atoms with Crippen molar-refractivity contribution in [3.05, 3.63) is 95.3 Å². The van der Waals surface area contributed by atoms with Crippen LogP contribution in [0.4, 0.5) is 10.1 Å². The second kappa shape index (κ2) is 7.98. The van der Waals surface area contributed by atoms with Gasteiger partial charge in [0.25, 0.3) is 11.8 Å². The molecule has 2 aliphatic heterocycles. The standard InChI is InChI=1S/C25H21FN2O3S/c1-31-20-11-9-18(10-12-20)23(29)28-13-14-32-25(28)21-7-2-3-8-22(21)27(24(25)30)16-17-5-4-6-19(26)15-17/h2-12,15H,13-14,16H2,1H3. The quantitative estimate of drug-likeness (QED) is 0.593. The SMILES string of the molecule is COc1ccc(C(=O)N2CCSC23C(=O)N(Cc2cccc(F)c2)c2ccccc23)cc1. The highest BCUT2D eigenvalue weighted by Gasteiger charge is 2.59. The van der Waals surface area contributed by atoms with Crippen LogP contribution < -0.4 is 9.64 Å². The van der Waals surface area contributed by atoms with Crippen molar-refractivity contribution in [2.24, 2.45) is 0 Å². The van der Waals surface area contributed by atoms with Crippen molar-refractivity contribution in [3.63, 3.8) is 0 Å². The molecule has 1 saturated heterocycles. The summed E-state index contributed by atoms with van der Waals surface area (Å²) in [5, 5.41) is 0. The van der Waals surface area contributed by atoms with Gasteiger partial charge >= 0.3 is 0 Å². The largest absolute Gasteiger partial charge is 0.497 e. The van der Waals surface area contributed by atoms with Crippen LogP contribution in [0.1, 0.15) is 21.5 Å². The minimum atomic E-state index is -1.12. The molecule has 0 saturated carbocycles. The topological polar surface area (TPSA) is 49.9 Å². The maximum absolute atomic E-state index is 13.9. The zero-order valence-electron chi connectivity index (χ0n) is 17.5. The first-order valence-electron chi connectivity index (χ1n) is 10.3. The number of thioether (sulfide) groups is 1. The fourth-order valence-corrected chi connectivity index (χ4v) is 5.89. The Kier molecular flexibility index (Phi) is 5.13. The number of methoxy groups -OCH3 is 1. The summed E-state index contributed by atoms with van der Waals surface area (Å²) in [6.45, 7) is 0.698. The third-order valence-electron chi connectivity index (χ3n) is 5.91. The number of halogens is 1. The van der Waals surface area contributed by atoms with Gasteiger partial charge in [-0.1, -0.05) is 30.3 Å². The predicted molar refractivity (Wildman–Crippen MR) is 122 cm³/mol. The Morgan fingerprint density at radius 1 is 1.09 bits per heavy atom. The number of carbonyl (C=O) groups excluding carboxylic acids is 2. The van der Waals surface area contributed by atoms with Crippen LogP contribution in [-0.2, 0) is 16.2 Å². The third-order valence-corrected chi connectivity index (χ3v) is 7.33. The first kappa shape index (κ1) is 20.6. The van der Waals surface area contributed by atoms with Crippen molar-refractivity contribution in [2.75, 3.05) is 24.3 Å². The Bertz CT molecular complexity index is 1200. The Morgan fingerprint density at radius 2 is 1.88 bits per heavy atom. The summed E-state index contributed by atoms with van der Waals surface area (Å²) in [5.74, 6) is 0.593. The molecule has 3 aromatic carbocycles. The lowest BCUT2D eigenvalue weighted by Crippen LogP contribution is -2.50. The summed E-state index contributed by atoms with van der Waals surface area (Å²) >= 11 is 1.47. The van der Waals surface area contributed by atoms with Gasteiger partial charge in [0.05, 0.1) is 19.3 Å². The van der Waals surface area contributed by atoms with Gasteiger partial charge in [-0.15, -0.1) is 11.8 Å². The number of para-hydroxylation sites is 1. The van der Waals surface area contributed by atoms with Gasteiger partial charge in [-0.3, -0.25) is 9.59 Å². The molecule has 32 heavy (non-hydrogen) atoms. The molecule has 5 rings (SSSR count). The Hall–Kier alpha value is -3.32. The summed E-state index contributed by atoms with van der Waals surface area (Å²) in [7, 11) is 1.57. The number of hydrogen-bond donors (Lipinski definition) is 0. The Morgan fingerprint density at radius 3 is 2.62 bits per heavy atom. The number of nitrogens with zero attached hydrogens (tertiary/aromatic N) is 2. The maximum atomic E-state index is 13.9. The Labute approximate surface area is 189 Å². The first-order chi connectivity index (χ1) is 15.5. The number of hydrogen-bond acceptors (Lipinski definition) is 4. The van der Waals surface area contributed by atoms with Gasteiger partial charge in [0.15, 0.2) is 4.87 Å². The highest BCUT2D eigenvalue weighted by atomic mass is 32.2. The fourth-order valence-electron chi connectivity index (χ4n) is 4.43. The molecule has 1 atom stereocenters. The lowest BCUT2D eigenvalue weighted by molar-refractivity contribution is -0.123. The number of amides is 2. The molecule has 0 aromatic heterocycles. The van der Waals surface area contributed by atoms with Gasteiger partial charge in [-0.25, -0.2) is 4.39 Å². The van der Waals surface area contributed by atoms with E-state index >= 15 is 0 Å². The lowest BCUT2D eigenvalue weighted by Gasteiger charge is -2.33. The molecule has 1 unspecified atom stereocenters. The average molecular weight is 449 g/mol. The molecule has 1 fully saturated rings. The highest BCUT2D eigenvalue weighted by Crippen LogP contribution is 2.54. The number of fused-ring (bicyclic) bond motifs is 2. The zero-order chi connectivity index (χ0) is 22.3. The fraction of sp³-hybridized carbons (Fsp3) is 0.200. The van der Waals surface area contributed by atoms with Crippen LogP contribution in [0.15, 0.2) is 72.8 Å². The summed E-state index contributed by atoms with van der Waals surface area (Å²) in [4.78, 5) is 29.7. The number of anilines is 1. The second-order valence-electron chi connectivity index (χ2n) is 7.72. The van der Waals surface area contributed by atoms with Gasteiger partial charge in [0.2, 0.25) is 0 Å². The molecule has 162 valence electrons. The molecular formula is C25H21FN2O3S. The van der Waals surface area contributed by atoms with E-state index in [0.717, 1.165) is 11.3 Å². The maximum Gasteiger partial charge on any atom is 0.268 e. The van der Waals surface area contributed by atoms with Gasteiger partial charge in [-0.2, -0.15) is 0 Å². The van der Waals surface area contributed by atoms with Crippen LogP contribution in [0.5, 0.6) is 5.75 Å². The monoisotopic (exact) mass is 448 g/mol. The molecular weight excluding hydrogens is 427 g/mol. The second-order valence-corrected chi connectivity index (χ2v) is 9.00. The molecule has 0 radical (unpaired) electrons. The minimum absolute atomic E-state index is 0.174. The molecule has 2 heterocycles. The Balaban J connectivity index is 1.55. The highest BCUT2D eigenvalue weighted by molar-refractivity contribution is 8.01. The van der Waals surface area contributed by atoms with Crippen LogP contribution in [0.25, 0.3) is 0 Å². The van der Waals surface area contributed by atoms with E-state index in [9.17, 15) is 14.0 Å².